The Morgan fingerprint density at radius 2 is 1.00 bits per heavy atom. The Morgan fingerprint density at radius 1 is 0.622 bits per heavy atom. The quantitative estimate of drug-likeness (QED) is 0.222. The minimum atomic E-state index is -0.785. The number of hydrogen-bond donors (Lipinski definition) is 4. The molecular formula is C29H36O8. The second-order valence-corrected chi connectivity index (χ2v) is 8.66. The zero-order chi connectivity index (χ0) is 26.9. The largest absolute Gasteiger partial charge is 0.491 e. The van der Waals surface area contributed by atoms with Gasteiger partial charge < -0.3 is 39.4 Å². The highest BCUT2D eigenvalue weighted by Gasteiger charge is 2.23. The minimum Gasteiger partial charge on any atom is -0.491 e. The molecular weight excluding hydrogens is 476 g/mol. The van der Waals surface area contributed by atoms with E-state index in [1.165, 1.54) is 0 Å². The normalized spacial score (nSPS) is 12.5. The molecule has 0 saturated carbocycles. The van der Waals surface area contributed by atoms with Crippen molar-refractivity contribution in [3.63, 3.8) is 0 Å². The number of ether oxygens (including phenoxy) is 4. The Hall–Kier alpha value is -3.08. The van der Waals surface area contributed by atoms with Gasteiger partial charge in [-0.25, -0.2) is 0 Å². The third-order valence-corrected chi connectivity index (χ3v) is 5.41. The van der Waals surface area contributed by atoms with Crippen LogP contribution in [0.3, 0.4) is 0 Å². The average Bonchev–Trinajstić information content (AvgIpc) is 2.91. The van der Waals surface area contributed by atoms with E-state index >= 15 is 0 Å². The molecule has 2 aromatic rings. The molecule has 2 atom stereocenters. The number of aliphatic hydroxyl groups excluding tert-OH is 4. The predicted octanol–water partition coefficient (Wildman–Crippen LogP) is 1.52. The van der Waals surface area contributed by atoms with E-state index in [1.54, 1.807) is 0 Å². The van der Waals surface area contributed by atoms with Crippen molar-refractivity contribution in [3.05, 3.63) is 59.7 Å². The third-order valence-electron chi connectivity index (χ3n) is 5.41. The van der Waals surface area contributed by atoms with Crippen molar-refractivity contribution in [3.8, 4) is 35.2 Å². The summed E-state index contributed by atoms with van der Waals surface area (Å²) >= 11 is 0. The van der Waals surface area contributed by atoms with Gasteiger partial charge in [-0.1, -0.05) is 61.8 Å². The fourth-order valence-corrected chi connectivity index (χ4v) is 3.29. The number of rotatable bonds is 14. The molecule has 0 aromatic heterocycles. The monoisotopic (exact) mass is 512 g/mol. The molecule has 0 heterocycles. The first kappa shape index (κ1) is 30.1. The van der Waals surface area contributed by atoms with Gasteiger partial charge in [0.1, 0.15) is 63.3 Å². The lowest BCUT2D eigenvalue weighted by Crippen LogP contribution is -2.24. The van der Waals surface area contributed by atoms with E-state index in [0.29, 0.717) is 11.5 Å². The summed E-state index contributed by atoms with van der Waals surface area (Å²) in [4.78, 5) is 0. The topological polar surface area (TPSA) is 118 Å². The molecule has 0 aliphatic heterocycles. The van der Waals surface area contributed by atoms with Crippen LogP contribution >= 0.6 is 0 Å². The first-order valence-corrected chi connectivity index (χ1v) is 12.0. The van der Waals surface area contributed by atoms with Crippen LogP contribution in [0.15, 0.2) is 48.5 Å². The van der Waals surface area contributed by atoms with Crippen LogP contribution in [0.25, 0.3) is 0 Å². The summed E-state index contributed by atoms with van der Waals surface area (Å²) in [6.45, 7) is 4.49. The number of benzene rings is 2. The fraction of sp³-hybridized carbons (Fsp3) is 0.448. The lowest BCUT2D eigenvalue weighted by atomic mass is 9.78. The summed E-state index contributed by atoms with van der Waals surface area (Å²) in [5.74, 6) is 11.5. The van der Waals surface area contributed by atoms with E-state index in [0.717, 1.165) is 11.1 Å². The number of hydrogen-bond acceptors (Lipinski definition) is 8. The summed E-state index contributed by atoms with van der Waals surface area (Å²) in [5, 5.41) is 37.1. The van der Waals surface area contributed by atoms with Crippen LogP contribution < -0.4 is 9.47 Å². The van der Waals surface area contributed by atoms with Gasteiger partial charge in [-0.05, 0) is 35.4 Å². The van der Waals surface area contributed by atoms with E-state index in [2.05, 4.69) is 37.5 Å². The van der Waals surface area contributed by atoms with Gasteiger partial charge in [0.15, 0.2) is 0 Å². The summed E-state index contributed by atoms with van der Waals surface area (Å²) < 4.78 is 21.7. The van der Waals surface area contributed by atoms with E-state index in [-0.39, 0.29) is 58.3 Å². The molecule has 8 heteroatoms. The zero-order valence-electron chi connectivity index (χ0n) is 21.4. The van der Waals surface area contributed by atoms with Crippen molar-refractivity contribution in [2.24, 2.45) is 0 Å². The minimum absolute atomic E-state index is 0.0935. The Bertz CT molecular complexity index is 943. The first-order chi connectivity index (χ1) is 17.9. The van der Waals surface area contributed by atoms with E-state index < -0.39 is 12.2 Å². The van der Waals surface area contributed by atoms with E-state index in [4.69, 9.17) is 29.2 Å². The van der Waals surface area contributed by atoms with Gasteiger partial charge in [0.25, 0.3) is 0 Å². The van der Waals surface area contributed by atoms with Crippen LogP contribution in [-0.2, 0) is 14.9 Å². The first-order valence-electron chi connectivity index (χ1n) is 12.0. The van der Waals surface area contributed by atoms with Crippen molar-refractivity contribution in [2.45, 2.75) is 31.5 Å². The summed E-state index contributed by atoms with van der Waals surface area (Å²) in [5.41, 5.74) is 1.91. The van der Waals surface area contributed by atoms with Gasteiger partial charge in [-0.15, -0.1) is 0 Å². The van der Waals surface area contributed by atoms with E-state index in [9.17, 15) is 10.2 Å². The molecule has 0 fully saturated rings. The Morgan fingerprint density at radius 3 is 1.35 bits per heavy atom. The highest BCUT2D eigenvalue weighted by Crippen LogP contribution is 2.33. The molecule has 0 radical (unpaired) electrons. The molecule has 200 valence electrons. The molecule has 2 aromatic carbocycles. The molecule has 0 aliphatic rings. The average molecular weight is 513 g/mol. The van der Waals surface area contributed by atoms with Gasteiger partial charge >= 0.3 is 0 Å². The second-order valence-electron chi connectivity index (χ2n) is 8.66. The van der Waals surface area contributed by atoms with Crippen LogP contribution in [-0.4, -0.2) is 85.5 Å². The van der Waals surface area contributed by atoms with Gasteiger partial charge in [0.05, 0.1) is 13.2 Å². The molecule has 0 amide bonds. The molecule has 4 N–H and O–H groups in total. The van der Waals surface area contributed by atoms with Gasteiger partial charge in [0.2, 0.25) is 0 Å². The summed E-state index contributed by atoms with van der Waals surface area (Å²) in [7, 11) is 0. The van der Waals surface area contributed by atoms with Crippen LogP contribution in [0.5, 0.6) is 11.5 Å². The Balaban J connectivity index is 1.82. The van der Waals surface area contributed by atoms with Gasteiger partial charge in [-0.3, -0.25) is 0 Å². The predicted molar refractivity (Wildman–Crippen MR) is 139 cm³/mol. The SMILES string of the molecule is CC(C)(c1ccc(OCC(O)COCC#CCO)cc1)c1ccc(OCC(O)COCC#CCO)cc1. The smallest absolute Gasteiger partial charge is 0.119 e. The Kier molecular flexibility index (Phi) is 13.5. The molecule has 0 aliphatic carbocycles. The molecule has 37 heavy (non-hydrogen) atoms. The molecule has 2 unspecified atom stereocenters. The molecule has 8 nitrogen and oxygen atoms in total. The highest BCUT2D eigenvalue weighted by molar-refractivity contribution is 5.41. The van der Waals surface area contributed by atoms with Crippen LogP contribution in [0.4, 0.5) is 0 Å². The molecule has 0 spiro atoms. The van der Waals surface area contributed by atoms with Crippen molar-refractivity contribution in [1.29, 1.82) is 0 Å². The lowest BCUT2D eigenvalue weighted by Gasteiger charge is -2.26. The highest BCUT2D eigenvalue weighted by atomic mass is 16.5. The fourth-order valence-electron chi connectivity index (χ4n) is 3.29. The maximum Gasteiger partial charge on any atom is 0.119 e. The maximum atomic E-state index is 9.97. The van der Waals surface area contributed by atoms with E-state index in [1.807, 2.05) is 48.5 Å². The van der Waals surface area contributed by atoms with Gasteiger partial charge in [-0.2, -0.15) is 0 Å². The van der Waals surface area contributed by atoms with Crippen LogP contribution in [0.2, 0.25) is 0 Å². The van der Waals surface area contributed by atoms with Crippen LogP contribution in [0, 0.1) is 23.7 Å². The molecule has 2 rings (SSSR count). The number of aliphatic hydroxyl groups is 4. The van der Waals surface area contributed by atoms with Crippen molar-refractivity contribution in [1.82, 2.24) is 0 Å². The summed E-state index contributed by atoms with van der Waals surface area (Å²) in [6.07, 6.45) is -1.57. The zero-order valence-corrected chi connectivity index (χ0v) is 21.4. The van der Waals surface area contributed by atoms with Crippen molar-refractivity contribution < 1.29 is 39.4 Å². The van der Waals surface area contributed by atoms with Crippen molar-refractivity contribution in [2.75, 3.05) is 52.9 Å². The maximum absolute atomic E-state index is 9.97. The summed E-state index contributed by atoms with van der Waals surface area (Å²) in [6, 6.07) is 15.5. The third kappa shape index (κ3) is 11.2. The molecule has 0 bridgehead atoms. The second kappa shape index (κ2) is 16.6. The van der Waals surface area contributed by atoms with Crippen LogP contribution in [0.1, 0.15) is 25.0 Å². The Labute approximate surface area is 218 Å². The lowest BCUT2D eigenvalue weighted by molar-refractivity contribution is 0.0228. The van der Waals surface area contributed by atoms with Gasteiger partial charge in [0, 0.05) is 5.41 Å². The standard InChI is InChI=1S/C29H36O8/c1-29(2,23-7-11-27(12-8-23)36-21-25(32)19-34-17-5-3-15-30)24-9-13-28(14-10-24)37-22-26(33)20-35-18-6-4-16-31/h7-14,25-26,30-33H,15-22H2,1-2H3. The molecule has 0 saturated heterocycles. The van der Waals surface area contributed by atoms with Crippen molar-refractivity contribution >= 4 is 0 Å².